The lowest BCUT2D eigenvalue weighted by Crippen LogP contribution is -2.46. The van der Waals surface area contributed by atoms with E-state index in [0.717, 1.165) is 44.9 Å². The summed E-state index contributed by atoms with van der Waals surface area (Å²) >= 11 is 0. The number of rotatable bonds is 36. The van der Waals surface area contributed by atoms with Crippen molar-refractivity contribution in [1.29, 1.82) is 0 Å². The molecule has 9 nitrogen and oxygen atoms in total. The highest BCUT2D eigenvalue weighted by molar-refractivity contribution is 7.47. The number of nitrogens with one attached hydrogen (secondary N) is 1. The van der Waals surface area contributed by atoms with Gasteiger partial charge in [-0.2, -0.15) is 0 Å². The van der Waals surface area contributed by atoms with E-state index in [1.54, 1.807) is 6.08 Å². The maximum Gasteiger partial charge on any atom is 0.472 e. The van der Waals surface area contributed by atoms with E-state index in [-0.39, 0.29) is 19.6 Å². The summed E-state index contributed by atoms with van der Waals surface area (Å²) in [7, 11) is -4.40. The molecular formula is C39H75N2O7P. The van der Waals surface area contributed by atoms with Crippen LogP contribution in [0, 0.1) is 0 Å². The van der Waals surface area contributed by atoms with Gasteiger partial charge in [0.25, 0.3) is 0 Å². The number of hydrogen-bond donors (Lipinski definition) is 5. The predicted molar refractivity (Wildman–Crippen MR) is 204 cm³/mol. The summed E-state index contributed by atoms with van der Waals surface area (Å²) < 4.78 is 22.0. The van der Waals surface area contributed by atoms with Crippen molar-refractivity contribution in [2.45, 2.75) is 186 Å². The molecule has 0 aliphatic heterocycles. The number of amides is 1. The zero-order chi connectivity index (χ0) is 36.3. The van der Waals surface area contributed by atoms with E-state index in [2.05, 4.69) is 43.5 Å². The van der Waals surface area contributed by atoms with Crippen LogP contribution in [-0.4, -0.2) is 59.0 Å². The van der Waals surface area contributed by atoms with Crippen LogP contribution in [0.3, 0.4) is 0 Å². The smallest absolute Gasteiger partial charge is 0.393 e. The third-order valence-electron chi connectivity index (χ3n) is 8.50. The van der Waals surface area contributed by atoms with Gasteiger partial charge in [0.2, 0.25) is 5.91 Å². The standard InChI is InChI=1S/C39H75N2O7P/c1-3-5-7-9-11-13-15-17-19-21-23-25-27-29-31-38(43)37(35-48-49(45,46)47-33-32-40)41-39(44)34-36(42)30-28-26-24-22-20-18-16-14-12-10-8-6-4-2/h13,15,21,23,29,31,36-38,42-43H,3-12,14,16-20,22,24-28,30,32-35,40H2,1-2H3,(H,41,44)(H,45,46)/b15-13+,23-21+,31-29+. The van der Waals surface area contributed by atoms with Gasteiger partial charge in [-0.1, -0.05) is 153 Å². The van der Waals surface area contributed by atoms with Gasteiger partial charge in [-0.25, -0.2) is 4.57 Å². The molecule has 288 valence electrons. The quantitative estimate of drug-likeness (QED) is 0.0245. The Morgan fingerprint density at radius 3 is 1.69 bits per heavy atom. The first-order valence-electron chi connectivity index (χ1n) is 19.7. The van der Waals surface area contributed by atoms with Gasteiger partial charge in [0, 0.05) is 6.54 Å². The van der Waals surface area contributed by atoms with E-state index in [9.17, 15) is 24.5 Å². The van der Waals surface area contributed by atoms with Crippen molar-refractivity contribution in [1.82, 2.24) is 5.32 Å². The average Bonchev–Trinajstić information content (AvgIpc) is 3.07. The van der Waals surface area contributed by atoms with Gasteiger partial charge in [-0.3, -0.25) is 13.8 Å². The molecule has 0 aromatic heterocycles. The lowest BCUT2D eigenvalue weighted by molar-refractivity contribution is -0.124. The van der Waals surface area contributed by atoms with Gasteiger partial charge in [0.1, 0.15) is 0 Å². The Bertz CT molecular complexity index is 883. The summed E-state index contributed by atoms with van der Waals surface area (Å²) in [5, 5.41) is 23.9. The van der Waals surface area contributed by atoms with Crippen LogP contribution < -0.4 is 11.1 Å². The van der Waals surface area contributed by atoms with Crippen molar-refractivity contribution in [3.8, 4) is 0 Å². The van der Waals surface area contributed by atoms with Crippen molar-refractivity contribution in [3.63, 3.8) is 0 Å². The van der Waals surface area contributed by atoms with Crippen molar-refractivity contribution >= 4 is 13.7 Å². The molecule has 0 bridgehead atoms. The number of phosphoric ester groups is 1. The topological polar surface area (TPSA) is 151 Å². The maximum atomic E-state index is 12.7. The highest BCUT2D eigenvalue weighted by Crippen LogP contribution is 2.43. The Morgan fingerprint density at radius 2 is 1.16 bits per heavy atom. The second-order valence-corrected chi connectivity index (χ2v) is 14.8. The van der Waals surface area contributed by atoms with E-state index < -0.39 is 38.6 Å². The monoisotopic (exact) mass is 715 g/mol. The first-order valence-corrected chi connectivity index (χ1v) is 21.2. The number of nitrogens with two attached hydrogens (primary N) is 1. The molecule has 0 rings (SSSR count). The van der Waals surface area contributed by atoms with E-state index in [1.165, 1.54) is 89.9 Å². The van der Waals surface area contributed by atoms with Crippen molar-refractivity contribution in [2.75, 3.05) is 19.8 Å². The largest absolute Gasteiger partial charge is 0.472 e. The Balaban J connectivity index is 4.48. The summed E-state index contributed by atoms with van der Waals surface area (Å²) in [5.74, 6) is -0.461. The number of phosphoric acid groups is 1. The summed E-state index contributed by atoms with van der Waals surface area (Å²) in [4.78, 5) is 22.6. The molecule has 0 radical (unpaired) electrons. The van der Waals surface area contributed by atoms with E-state index >= 15 is 0 Å². The Labute approximate surface area is 300 Å². The van der Waals surface area contributed by atoms with Crippen LogP contribution in [-0.2, 0) is 18.4 Å². The van der Waals surface area contributed by atoms with Crippen LogP contribution in [0.15, 0.2) is 36.5 Å². The van der Waals surface area contributed by atoms with Crippen molar-refractivity contribution in [3.05, 3.63) is 36.5 Å². The summed E-state index contributed by atoms with van der Waals surface area (Å²) in [5.41, 5.74) is 5.34. The van der Waals surface area contributed by atoms with E-state index in [0.29, 0.717) is 12.8 Å². The van der Waals surface area contributed by atoms with Gasteiger partial charge in [0.05, 0.1) is 37.9 Å². The number of allylic oxidation sites excluding steroid dienone is 5. The molecule has 1 amide bonds. The SMILES string of the molecule is CCCCCC/C=C/CC/C=C/CC/C=C/C(O)C(COP(=O)(O)OCCN)NC(=O)CC(O)CCCCCCCCCCCCCCC. The first kappa shape index (κ1) is 47.7. The van der Waals surface area contributed by atoms with Gasteiger partial charge < -0.3 is 26.2 Å². The third kappa shape index (κ3) is 33.6. The highest BCUT2D eigenvalue weighted by Gasteiger charge is 2.27. The molecule has 4 unspecified atom stereocenters. The summed E-state index contributed by atoms with van der Waals surface area (Å²) in [6.45, 7) is 3.90. The molecule has 0 aromatic rings. The maximum absolute atomic E-state index is 12.7. The van der Waals surface area contributed by atoms with Gasteiger partial charge >= 0.3 is 7.82 Å². The average molecular weight is 715 g/mol. The highest BCUT2D eigenvalue weighted by atomic mass is 31.2. The van der Waals surface area contributed by atoms with Crippen molar-refractivity contribution in [2.24, 2.45) is 5.73 Å². The summed E-state index contributed by atoms with van der Waals surface area (Å²) in [6, 6.07) is -1.00. The normalized spacial score (nSPS) is 15.3. The van der Waals surface area contributed by atoms with Gasteiger partial charge in [-0.15, -0.1) is 0 Å². The van der Waals surface area contributed by atoms with Gasteiger partial charge in [0.15, 0.2) is 0 Å². The molecule has 0 aliphatic rings. The molecule has 0 aliphatic carbocycles. The van der Waals surface area contributed by atoms with Crippen LogP contribution in [0.5, 0.6) is 0 Å². The molecule has 0 spiro atoms. The molecule has 0 aromatic carbocycles. The Morgan fingerprint density at radius 1 is 0.694 bits per heavy atom. The van der Waals surface area contributed by atoms with Crippen LogP contribution >= 0.6 is 7.82 Å². The molecule has 0 saturated heterocycles. The second kappa shape index (κ2) is 35.1. The number of aliphatic hydroxyl groups excluding tert-OH is 2. The first-order chi connectivity index (χ1) is 23.8. The van der Waals surface area contributed by atoms with Crippen LogP contribution in [0.25, 0.3) is 0 Å². The third-order valence-corrected chi connectivity index (χ3v) is 9.49. The van der Waals surface area contributed by atoms with E-state index in [1.807, 2.05) is 6.08 Å². The molecule has 6 N–H and O–H groups in total. The number of carbonyl (C=O) groups excluding carboxylic acids is 1. The second-order valence-electron chi connectivity index (χ2n) is 13.3. The lowest BCUT2D eigenvalue weighted by atomic mass is 10.0. The van der Waals surface area contributed by atoms with Crippen LogP contribution in [0.2, 0.25) is 0 Å². The fraction of sp³-hybridized carbons (Fsp3) is 0.821. The zero-order valence-corrected chi connectivity index (χ0v) is 32.2. The Hall–Kier alpha value is -1.32. The zero-order valence-electron chi connectivity index (χ0n) is 31.3. The summed E-state index contributed by atoms with van der Waals surface area (Å²) in [6.07, 6.45) is 36.6. The van der Waals surface area contributed by atoms with Crippen molar-refractivity contribution < 1.29 is 33.5 Å². The number of unbranched alkanes of at least 4 members (excludes halogenated alkanes) is 18. The molecule has 0 fully saturated rings. The molecular weight excluding hydrogens is 639 g/mol. The molecule has 4 atom stereocenters. The Kier molecular flexibility index (Phi) is 34.2. The fourth-order valence-electron chi connectivity index (χ4n) is 5.50. The molecule has 49 heavy (non-hydrogen) atoms. The predicted octanol–water partition coefficient (Wildman–Crippen LogP) is 9.36. The molecule has 0 saturated carbocycles. The molecule has 0 heterocycles. The van der Waals surface area contributed by atoms with Crippen LogP contribution in [0.4, 0.5) is 0 Å². The number of carbonyl (C=O) groups is 1. The fourth-order valence-corrected chi connectivity index (χ4v) is 6.26. The molecule has 10 heteroatoms. The minimum Gasteiger partial charge on any atom is -0.393 e. The van der Waals surface area contributed by atoms with Gasteiger partial charge in [-0.05, 0) is 44.9 Å². The minimum absolute atomic E-state index is 0.0425. The van der Waals surface area contributed by atoms with Crippen LogP contribution in [0.1, 0.15) is 168 Å². The minimum atomic E-state index is -4.40. The lowest BCUT2D eigenvalue weighted by Gasteiger charge is -2.24. The van der Waals surface area contributed by atoms with E-state index in [4.69, 9.17) is 14.8 Å². The number of hydrogen-bond acceptors (Lipinski definition) is 7. The number of aliphatic hydroxyl groups is 2.